The van der Waals surface area contributed by atoms with Crippen molar-refractivity contribution in [3.05, 3.63) is 94.3 Å². The second-order valence-electron chi connectivity index (χ2n) is 12.0. The third-order valence-electron chi connectivity index (χ3n) is 8.88. The Morgan fingerprint density at radius 3 is 2.47 bits per heavy atom. The Morgan fingerprint density at radius 1 is 1.02 bits per heavy atom. The molecule has 11 heteroatoms. The average Bonchev–Trinajstić information content (AvgIpc) is 3.36. The highest BCUT2D eigenvalue weighted by Crippen LogP contribution is 2.34. The minimum absolute atomic E-state index is 0.139. The normalized spacial score (nSPS) is 18.9. The number of rotatable bonds is 8. The number of nitriles is 1. The highest BCUT2D eigenvalue weighted by atomic mass is 19.1. The largest absolute Gasteiger partial charge is 0.489 e. The Hall–Kier alpha value is -4.79. The van der Waals surface area contributed by atoms with Gasteiger partial charge in [0.2, 0.25) is 5.91 Å². The number of fused-ring (bicyclic) bond motifs is 1. The van der Waals surface area contributed by atoms with Crippen molar-refractivity contribution in [1.82, 2.24) is 15.3 Å². The molecule has 0 saturated carbocycles. The molecule has 0 radical (unpaired) electrons. The zero-order valence-corrected chi connectivity index (χ0v) is 25.2. The van der Waals surface area contributed by atoms with Gasteiger partial charge in [0.25, 0.3) is 11.8 Å². The summed E-state index contributed by atoms with van der Waals surface area (Å²) >= 11 is 0. The number of amides is 3. The maximum Gasteiger partial charge on any atom is 0.278 e. The SMILES string of the molecule is CC(C)(c1ccc(COc2cccc3c2CN(OC2CCC(=O)NC2=O)C3=O)cc1)N1CCN(c2ccc(C#N)cc2F)CC1. The first-order chi connectivity index (χ1) is 21.6. The highest BCUT2D eigenvalue weighted by molar-refractivity contribution is 6.01. The van der Waals surface area contributed by atoms with Gasteiger partial charge in [-0.05, 0) is 61.7 Å². The molecule has 1 N–H and O–H groups in total. The van der Waals surface area contributed by atoms with E-state index in [9.17, 15) is 18.8 Å². The van der Waals surface area contributed by atoms with Crippen LogP contribution in [0.1, 0.15) is 59.3 Å². The number of piperazine rings is 1. The van der Waals surface area contributed by atoms with Crippen LogP contribution in [-0.4, -0.2) is 60.0 Å². The summed E-state index contributed by atoms with van der Waals surface area (Å²) in [5.41, 5.74) is 3.86. The maximum absolute atomic E-state index is 14.6. The number of carbonyl (C=O) groups is 3. The van der Waals surface area contributed by atoms with E-state index in [0.717, 1.165) is 29.3 Å². The number of anilines is 1. The van der Waals surface area contributed by atoms with Crippen molar-refractivity contribution < 1.29 is 28.3 Å². The molecular weight excluding hydrogens is 577 g/mol. The molecule has 10 nitrogen and oxygen atoms in total. The lowest BCUT2D eigenvalue weighted by Gasteiger charge is -2.45. The lowest BCUT2D eigenvalue weighted by atomic mass is 9.90. The van der Waals surface area contributed by atoms with Crippen LogP contribution in [0.15, 0.2) is 60.7 Å². The molecule has 1 unspecified atom stereocenters. The van der Waals surface area contributed by atoms with Crippen LogP contribution in [0.3, 0.4) is 0 Å². The summed E-state index contributed by atoms with van der Waals surface area (Å²) < 4.78 is 20.7. The predicted molar refractivity (Wildman–Crippen MR) is 162 cm³/mol. The van der Waals surface area contributed by atoms with Gasteiger partial charge >= 0.3 is 0 Å². The van der Waals surface area contributed by atoms with Crippen LogP contribution in [0.5, 0.6) is 5.75 Å². The molecule has 3 aromatic carbocycles. The molecule has 3 aliphatic rings. The van der Waals surface area contributed by atoms with Gasteiger partial charge in [-0.1, -0.05) is 30.3 Å². The number of carbonyl (C=O) groups excluding carboxylic acids is 3. The monoisotopic (exact) mass is 611 g/mol. The third-order valence-corrected chi connectivity index (χ3v) is 8.88. The number of hydroxylamine groups is 2. The Labute approximate surface area is 260 Å². The van der Waals surface area contributed by atoms with Gasteiger partial charge in [0.1, 0.15) is 18.2 Å². The molecule has 3 heterocycles. The van der Waals surface area contributed by atoms with Crippen LogP contribution in [0.2, 0.25) is 0 Å². The van der Waals surface area contributed by atoms with E-state index >= 15 is 0 Å². The van der Waals surface area contributed by atoms with Gasteiger partial charge in [0.05, 0.1) is 29.4 Å². The molecule has 1 atom stereocenters. The van der Waals surface area contributed by atoms with Crippen LogP contribution in [-0.2, 0) is 33.1 Å². The molecule has 0 aliphatic carbocycles. The number of nitrogens with one attached hydrogen (secondary N) is 1. The summed E-state index contributed by atoms with van der Waals surface area (Å²) in [4.78, 5) is 46.7. The molecule has 3 aliphatic heterocycles. The Morgan fingerprint density at radius 2 is 1.78 bits per heavy atom. The second kappa shape index (κ2) is 12.3. The molecule has 3 aromatic rings. The van der Waals surface area contributed by atoms with E-state index in [1.54, 1.807) is 24.3 Å². The Balaban J connectivity index is 1.05. The van der Waals surface area contributed by atoms with Crippen molar-refractivity contribution in [2.75, 3.05) is 31.1 Å². The van der Waals surface area contributed by atoms with E-state index < -0.39 is 12.0 Å². The smallest absolute Gasteiger partial charge is 0.278 e. The zero-order valence-electron chi connectivity index (χ0n) is 25.2. The van der Waals surface area contributed by atoms with Crippen molar-refractivity contribution in [2.24, 2.45) is 0 Å². The fourth-order valence-corrected chi connectivity index (χ4v) is 6.12. The highest BCUT2D eigenvalue weighted by Gasteiger charge is 2.37. The quantitative estimate of drug-likeness (QED) is 0.380. The predicted octanol–water partition coefficient (Wildman–Crippen LogP) is 4.03. The molecular formula is C34H34FN5O5. The number of benzene rings is 3. The second-order valence-corrected chi connectivity index (χ2v) is 12.0. The topological polar surface area (TPSA) is 115 Å². The molecule has 3 amide bonds. The molecule has 2 saturated heterocycles. The minimum Gasteiger partial charge on any atom is -0.489 e. The fourth-order valence-electron chi connectivity index (χ4n) is 6.12. The van der Waals surface area contributed by atoms with Crippen molar-refractivity contribution in [1.29, 1.82) is 5.26 Å². The van der Waals surface area contributed by atoms with Gasteiger partial charge in [0, 0.05) is 43.7 Å². The van der Waals surface area contributed by atoms with E-state index in [1.807, 2.05) is 29.2 Å². The maximum atomic E-state index is 14.6. The molecule has 45 heavy (non-hydrogen) atoms. The first kappa shape index (κ1) is 30.2. The van der Waals surface area contributed by atoms with E-state index in [4.69, 9.17) is 14.8 Å². The van der Waals surface area contributed by atoms with Crippen LogP contribution in [0.25, 0.3) is 0 Å². The summed E-state index contributed by atoms with van der Waals surface area (Å²) in [5.74, 6) is -1.05. The van der Waals surface area contributed by atoms with Gasteiger partial charge in [-0.2, -0.15) is 5.26 Å². The summed E-state index contributed by atoms with van der Waals surface area (Å²) in [6.45, 7) is 7.69. The van der Waals surface area contributed by atoms with Crippen molar-refractivity contribution in [3.63, 3.8) is 0 Å². The number of imide groups is 1. The number of piperidine rings is 1. The summed E-state index contributed by atoms with van der Waals surface area (Å²) in [7, 11) is 0. The van der Waals surface area contributed by atoms with Crippen LogP contribution in [0.4, 0.5) is 10.1 Å². The molecule has 0 spiro atoms. The number of hydrogen-bond acceptors (Lipinski definition) is 8. The lowest BCUT2D eigenvalue weighted by molar-refractivity contribution is -0.183. The molecule has 2 fully saturated rings. The number of ether oxygens (including phenoxy) is 1. The average molecular weight is 612 g/mol. The first-order valence-electron chi connectivity index (χ1n) is 15.0. The zero-order chi connectivity index (χ0) is 31.7. The summed E-state index contributed by atoms with van der Waals surface area (Å²) in [5, 5.41) is 12.4. The fraction of sp³-hybridized carbons (Fsp3) is 0.353. The van der Waals surface area contributed by atoms with Gasteiger partial charge in [-0.25, -0.2) is 9.45 Å². The molecule has 0 aromatic heterocycles. The lowest BCUT2D eigenvalue weighted by Crippen LogP contribution is -2.53. The number of nitrogens with zero attached hydrogens (tertiary/aromatic N) is 4. The van der Waals surface area contributed by atoms with Crippen molar-refractivity contribution >= 4 is 23.4 Å². The standard InChI is InChI=1S/C34H34FN5O5/c1-34(2,39-16-14-38(15-17-39)28-11-8-23(19-36)18-27(28)35)24-9-6-22(7-10-24)21-44-29-5-3-4-25-26(29)20-40(33(25)43)45-30-12-13-31(41)37-32(30)42/h3-11,18,30H,12-17,20-21H2,1-2H3,(H,37,41,42). The van der Waals surface area contributed by atoms with Gasteiger partial charge in [0.15, 0.2) is 6.10 Å². The third kappa shape index (κ3) is 6.12. The molecule has 0 bridgehead atoms. The van der Waals surface area contributed by atoms with Crippen LogP contribution < -0.4 is 15.0 Å². The summed E-state index contributed by atoms with van der Waals surface area (Å²) in [6.07, 6.45) is -0.522. The van der Waals surface area contributed by atoms with Crippen molar-refractivity contribution in [3.8, 4) is 11.8 Å². The van der Waals surface area contributed by atoms with E-state index in [2.05, 4.69) is 36.2 Å². The first-order valence-corrected chi connectivity index (χ1v) is 15.0. The van der Waals surface area contributed by atoms with E-state index in [-0.39, 0.29) is 42.6 Å². The molecule has 232 valence electrons. The van der Waals surface area contributed by atoms with Crippen LogP contribution >= 0.6 is 0 Å². The Bertz CT molecular complexity index is 1680. The van der Waals surface area contributed by atoms with E-state index in [0.29, 0.717) is 47.8 Å². The van der Waals surface area contributed by atoms with Gasteiger partial charge < -0.3 is 9.64 Å². The van der Waals surface area contributed by atoms with Crippen molar-refractivity contribution in [2.45, 2.75) is 51.5 Å². The van der Waals surface area contributed by atoms with Gasteiger partial charge in [-0.3, -0.25) is 29.4 Å². The number of halogens is 1. The Kier molecular flexibility index (Phi) is 8.27. The minimum atomic E-state index is -0.900. The molecule has 6 rings (SSSR count). The summed E-state index contributed by atoms with van der Waals surface area (Å²) in [6, 6.07) is 20.1. The number of hydrogen-bond donors (Lipinski definition) is 1. The van der Waals surface area contributed by atoms with Gasteiger partial charge in [-0.15, -0.1) is 0 Å². The van der Waals surface area contributed by atoms with Crippen LogP contribution in [0, 0.1) is 17.1 Å². The van der Waals surface area contributed by atoms with E-state index in [1.165, 1.54) is 6.07 Å².